The highest BCUT2D eigenvalue weighted by Gasteiger charge is 2.25. The summed E-state index contributed by atoms with van der Waals surface area (Å²) in [5.41, 5.74) is 0.644. The number of aromatic nitrogens is 1. The summed E-state index contributed by atoms with van der Waals surface area (Å²) in [7, 11) is 0. The van der Waals surface area contributed by atoms with Crippen molar-refractivity contribution >= 4 is 17.6 Å². The van der Waals surface area contributed by atoms with Crippen molar-refractivity contribution in [3.63, 3.8) is 0 Å². The quantitative estimate of drug-likeness (QED) is 0.930. The number of rotatable bonds is 3. The van der Waals surface area contributed by atoms with Gasteiger partial charge in [0.05, 0.1) is 11.9 Å². The average Bonchev–Trinajstić information content (AvgIpc) is 2.47. The highest BCUT2D eigenvalue weighted by molar-refractivity contribution is 5.68. The van der Waals surface area contributed by atoms with Crippen molar-refractivity contribution in [1.82, 2.24) is 9.88 Å². The lowest BCUT2D eigenvalue weighted by Crippen LogP contribution is -2.50. The first-order valence-electron chi connectivity index (χ1n) is 7.82. The predicted octanol–water partition coefficient (Wildman–Crippen LogP) is 2.57. The highest BCUT2D eigenvalue weighted by atomic mass is 16.6. The fraction of sp³-hybridized carbons (Fsp3) is 0.625. The molecule has 1 amide bonds. The number of hydrogen-bond acceptors (Lipinski definition) is 5. The lowest BCUT2D eigenvalue weighted by Gasteiger charge is -2.36. The van der Waals surface area contributed by atoms with Gasteiger partial charge in [0.15, 0.2) is 0 Å². The maximum atomic E-state index is 12.0. The molecule has 22 heavy (non-hydrogen) atoms. The van der Waals surface area contributed by atoms with Crippen LogP contribution >= 0.6 is 0 Å². The van der Waals surface area contributed by atoms with Gasteiger partial charge in [0.1, 0.15) is 11.4 Å². The second kappa shape index (κ2) is 6.85. The van der Waals surface area contributed by atoms with Gasteiger partial charge in [-0.2, -0.15) is 0 Å². The van der Waals surface area contributed by atoms with Gasteiger partial charge in [-0.05, 0) is 39.8 Å². The number of pyridine rings is 1. The molecule has 2 rings (SSSR count). The molecule has 1 aromatic rings. The van der Waals surface area contributed by atoms with Gasteiger partial charge in [-0.1, -0.05) is 0 Å². The number of carbonyl (C=O) groups excluding carboxylic acids is 1. The molecule has 122 valence electrons. The SMILES string of the molecule is CCNc1ccc(N2CCN(C(=O)OC(C)(C)C)CC2)cn1. The van der Waals surface area contributed by atoms with Crippen molar-refractivity contribution in [2.24, 2.45) is 0 Å². The van der Waals surface area contributed by atoms with Crippen LogP contribution in [0.4, 0.5) is 16.3 Å². The first-order valence-corrected chi connectivity index (χ1v) is 7.82. The van der Waals surface area contributed by atoms with Crippen LogP contribution in [0.3, 0.4) is 0 Å². The lowest BCUT2D eigenvalue weighted by atomic mass is 10.2. The third-order valence-electron chi connectivity index (χ3n) is 3.40. The van der Waals surface area contributed by atoms with Crippen molar-refractivity contribution in [3.05, 3.63) is 18.3 Å². The van der Waals surface area contributed by atoms with Gasteiger partial charge in [-0.25, -0.2) is 9.78 Å². The van der Waals surface area contributed by atoms with E-state index in [9.17, 15) is 4.79 Å². The molecule has 0 atom stereocenters. The molecule has 2 heterocycles. The fourth-order valence-corrected chi connectivity index (χ4v) is 2.33. The molecule has 1 aromatic heterocycles. The highest BCUT2D eigenvalue weighted by Crippen LogP contribution is 2.18. The smallest absolute Gasteiger partial charge is 0.410 e. The van der Waals surface area contributed by atoms with Gasteiger partial charge in [0.2, 0.25) is 0 Å². The number of nitrogens with zero attached hydrogens (tertiary/aromatic N) is 3. The third-order valence-corrected chi connectivity index (χ3v) is 3.40. The van der Waals surface area contributed by atoms with Crippen LogP contribution < -0.4 is 10.2 Å². The van der Waals surface area contributed by atoms with E-state index >= 15 is 0 Å². The van der Waals surface area contributed by atoms with Gasteiger partial charge < -0.3 is 19.9 Å². The minimum Gasteiger partial charge on any atom is -0.444 e. The zero-order valence-corrected chi connectivity index (χ0v) is 13.9. The largest absolute Gasteiger partial charge is 0.444 e. The molecule has 6 heteroatoms. The second-order valence-electron chi connectivity index (χ2n) is 6.39. The molecular formula is C16H26N4O2. The van der Waals surface area contributed by atoms with Crippen LogP contribution in [0, 0.1) is 0 Å². The number of piperazine rings is 1. The van der Waals surface area contributed by atoms with Crippen molar-refractivity contribution in [1.29, 1.82) is 0 Å². The summed E-state index contributed by atoms with van der Waals surface area (Å²) in [6.45, 7) is 11.5. The molecule has 0 aliphatic carbocycles. The number of ether oxygens (including phenoxy) is 1. The van der Waals surface area contributed by atoms with Crippen LogP contribution in [0.25, 0.3) is 0 Å². The van der Waals surface area contributed by atoms with E-state index < -0.39 is 5.60 Å². The molecule has 0 spiro atoms. The molecule has 1 aliphatic rings. The Labute approximate surface area is 132 Å². The second-order valence-corrected chi connectivity index (χ2v) is 6.39. The molecule has 0 aromatic carbocycles. The van der Waals surface area contributed by atoms with Crippen LogP contribution in [0.5, 0.6) is 0 Å². The Hall–Kier alpha value is -1.98. The summed E-state index contributed by atoms with van der Waals surface area (Å²) >= 11 is 0. The summed E-state index contributed by atoms with van der Waals surface area (Å²) in [6.07, 6.45) is 1.65. The van der Waals surface area contributed by atoms with Crippen LogP contribution in [-0.2, 0) is 4.74 Å². The van der Waals surface area contributed by atoms with Gasteiger partial charge in [-0.15, -0.1) is 0 Å². The Morgan fingerprint density at radius 3 is 2.45 bits per heavy atom. The normalized spacial score (nSPS) is 15.6. The van der Waals surface area contributed by atoms with Crippen LogP contribution in [-0.4, -0.2) is 54.3 Å². The molecule has 1 aliphatic heterocycles. The van der Waals surface area contributed by atoms with Crippen molar-refractivity contribution in [2.75, 3.05) is 42.9 Å². The summed E-state index contributed by atoms with van der Waals surface area (Å²) in [5, 5.41) is 3.18. The molecule has 0 unspecified atom stereocenters. The number of nitrogens with one attached hydrogen (secondary N) is 1. The first-order chi connectivity index (χ1) is 10.4. The summed E-state index contributed by atoms with van der Waals surface area (Å²) in [4.78, 5) is 20.4. The van der Waals surface area contributed by atoms with Crippen molar-refractivity contribution in [3.8, 4) is 0 Å². The average molecular weight is 306 g/mol. The molecule has 1 N–H and O–H groups in total. The first kappa shape index (κ1) is 16.4. The Bertz CT molecular complexity index is 488. The fourth-order valence-electron chi connectivity index (χ4n) is 2.33. The topological polar surface area (TPSA) is 57.7 Å². The Balaban J connectivity index is 1.87. The lowest BCUT2D eigenvalue weighted by molar-refractivity contribution is 0.0240. The predicted molar refractivity (Wildman–Crippen MR) is 88.4 cm³/mol. The van der Waals surface area contributed by atoms with E-state index in [-0.39, 0.29) is 6.09 Å². The monoisotopic (exact) mass is 306 g/mol. The number of hydrogen-bond donors (Lipinski definition) is 1. The summed E-state index contributed by atoms with van der Waals surface area (Å²) < 4.78 is 5.41. The summed E-state index contributed by atoms with van der Waals surface area (Å²) in [6, 6.07) is 4.05. The maximum Gasteiger partial charge on any atom is 0.410 e. The molecular weight excluding hydrogens is 280 g/mol. The van der Waals surface area contributed by atoms with Crippen molar-refractivity contribution < 1.29 is 9.53 Å². The third kappa shape index (κ3) is 4.51. The van der Waals surface area contributed by atoms with E-state index in [4.69, 9.17) is 4.74 Å². The molecule has 0 radical (unpaired) electrons. The number of amides is 1. The maximum absolute atomic E-state index is 12.0. The van der Waals surface area contributed by atoms with E-state index in [1.807, 2.05) is 40.0 Å². The van der Waals surface area contributed by atoms with E-state index in [0.29, 0.717) is 13.1 Å². The molecule has 1 saturated heterocycles. The van der Waals surface area contributed by atoms with Crippen molar-refractivity contribution in [2.45, 2.75) is 33.3 Å². The van der Waals surface area contributed by atoms with Crippen LogP contribution in [0.1, 0.15) is 27.7 Å². The van der Waals surface area contributed by atoms with E-state index in [2.05, 4.69) is 21.3 Å². The van der Waals surface area contributed by atoms with Gasteiger partial charge in [0.25, 0.3) is 0 Å². The zero-order chi connectivity index (χ0) is 16.2. The standard InChI is InChI=1S/C16H26N4O2/c1-5-17-14-7-6-13(12-18-14)19-8-10-20(11-9-19)15(21)22-16(2,3)4/h6-7,12H,5,8-11H2,1-4H3,(H,17,18). The molecule has 1 fully saturated rings. The number of carbonyl (C=O) groups is 1. The van der Waals surface area contributed by atoms with Gasteiger partial charge in [0, 0.05) is 32.7 Å². The minimum atomic E-state index is -0.444. The summed E-state index contributed by atoms with van der Waals surface area (Å²) in [5.74, 6) is 0.888. The Kier molecular flexibility index (Phi) is 5.11. The van der Waals surface area contributed by atoms with Gasteiger partial charge >= 0.3 is 6.09 Å². The molecule has 0 bridgehead atoms. The van der Waals surface area contributed by atoms with E-state index in [0.717, 1.165) is 31.1 Å². The Morgan fingerprint density at radius 1 is 1.27 bits per heavy atom. The van der Waals surface area contributed by atoms with Crippen LogP contribution in [0.2, 0.25) is 0 Å². The van der Waals surface area contributed by atoms with Gasteiger partial charge in [-0.3, -0.25) is 0 Å². The zero-order valence-electron chi connectivity index (χ0n) is 13.9. The van der Waals surface area contributed by atoms with Crippen LogP contribution in [0.15, 0.2) is 18.3 Å². The number of anilines is 2. The van der Waals surface area contributed by atoms with E-state index in [1.165, 1.54) is 0 Å². The Morgan fingerprint density at radius 2 is 1.95 bits per heavy atom. The van der Waals surface area contributed by atoms with E-state index in [1.54, 1.807) is 4.90 Å². The molecule has 6 nitrogen and oxygen atoms in total. The minimum absolute atomic E-state index is 0.229. The molecule has 0 saturated carbocycles.